The lowest BCUT2D eigenvalue weighted by Gasteiger charge is -2.13. The Hall–Kier alpha value is -0.990. The fourth-order valence-corrected chi connectivity index (χ4v) is 1.81. The molecule has 1 aromatic rings. The average Bonchev–Trinajstić information content (AvgIpc) is 2.19. The number of nitro groups is 1. The van der Waals surface area contributed by atoms with E-state index in [1.807, 2.05) is 0 Å². The molecule has 0 aliphatic carbocycles. The lowest BCUT2D eigenvalue weighted by Crippen LogP contribution is -2.14. The molecule has 18 heavy (non-hydrogen) atoms. The minimum atomic E-state index is -2.65. The molecular weight excluding hydrogens is 337 g/mol. The standard InChI is InChI=1S/C9H9BrF2N2O3.ClH/c10-4-1-5(6(13)3-8(11)12)9(15)7(2-4)14(16)17;/h1-2,6,8,15H,3,13H2;1H/t6-;/m1./s1. The smallest absolute Gasteiger partial charge is 0.312 e. The van der Waals surface area contributed by atoms with E-state index in [1.54, 1.807) is 0 Å². The van der Waals surface area contributed by atoms with Crippen molar-refractivity contribution in [3.05, 3.63) is 32.3 Å². The zero-order chi connectivity index (χ0) is 13.2. The number of phenols is 1. The van der Waals surface area contributed by atoms with Gasteiger partial charge < -0.3 is 10.8 Å². The van der Waals surface area contributed by atoms with E-state index in [4.69, 9.17) is 5.73 Å². The van der Waals surface area contributed by atoms with Gasteiger partial charge in [-0.25, -0.2) is 8.78 Å². The van der Waals surface area contributed by atoms with Crippen LogP contribution in [0.2, 0.25) is 0 Å². The van der Waals surface area contributed by atoms with Crippen LogP contribution in [-0.4, -0.2) is 16.5 Å². The average molecular weight is 348 g/mol. The van der Waals surface area contributed by atoms with Crippen LogP contribution in [0.4, 0.5) is 14.5 Å². The summed E-state index contributed by atoms with van der Waals surface area (Å²) in [6.45, 7) is 0. The normalized spacial score (nSPS) is 12.1. The Morgan fingerprint density at radius 3 is 2.50 bits per heavy atom. The number of alkyl halides is 2. The van der Waals surface area contributed by atoms with E-state index in [2.05, 4.69) is 15.9 Å². The van der Waals surface area contributed by atoms with Crippen LogP contribution < -0.4 is 5.73 Å². The molecule has 0 aromatic heterocycles. The fraction of sp³-hybridized carbons (Fsp3) is 0.333. The first kappa shape index (κ1) is 17.0. The summed E-state index contributed by atoms with van der Waals surface area (Å²) in [5, 5.41) is 20.2. The van der Waals surface area contributed by atoms with Crippen LogP contribution in [0.1, 0.15) is 18.0 Å². The van der Waals surface area contributed by atoms with Gasteiger partial charge in [0, 0.05) is 28.6 Å². The van der Waals surface area contributed by atoms with E-state index >= 15 is 0 Å². The van der Waals surface area contributed by atoms with Crippen molar-refractivity contribution < 1.29 is 18.8 Å². The Balaban J connectivity index is 0.00000289. The summed E-state index contributed by atoms with van der Waals surface area (Å²) >= 11 is 2.99. The lowest BCUT2D eigenvalue weighted by molar-refractivity contribution is -0.386. The van der Waals surface area contributed by atoms with Crippen molar-refractivity contribution in [3.8, 4) is 5.75 Å². The Morgan fingerprint density at radius 2 is 2.06 bits per heavy atom. The Morgan fingerprint density at radius 1 is 1.50 bits per heavy atom. The minimum absolute atomic E-state index is 0. The molecule has 102 valence electrons. The molecular formula is C9H10BrClF2N2O3. The van der Waals surface area contributed by atoms with Crippen LogP contribution in [-0.2, 0) is 0 Å². The largest absolute Gasteiger partial charge is 0.502 e. The highest BCUT2D eigenvalue weighted by atomic mass is 79.9. The summed E-state index contributed by atoms with van der Waals surface area (Å²) in [6.07, 6.45) is -3.33. The van der Waals surface area contributed by atoms with Crippen molar-refractivity contribution in [1.82, 2.24) is 0 Å². The summed E-state index contributed by atoms with van der Waals surface area (Å²) in [5.41, 5.74) is 4.80. The highest BCUT2D eigenvalue weighted by Gasteiger charge is 2.23. The molecule has 0 unspecified atom stereocenters. The van der Waals surface area contributed by atoms with Crippen molar-refractivity contribution in [2.75, 3.05) is 0 Å². The molecule has 1 atom stereocenters. The highest BCUT2D eigenvalue weighted by Crippen LogP contribution is 2.37. The van der Waals surface area contributed by atoms with Gasteiger partial charge in [-0.15, -0.1) is 12.4 Å². The molecule has 1 aromatic carbocycles. The van der Waals surface area contributed by atoms with Crippen LogP contribution in [0, 0.1) is 10.1 Å². The van der Waals surface area contributed by atoms with E-state index < -0.39 is 35.2 Å². The van der Waals surface area contributed by atoms with Gasteiger partial charge in [-0.2, -0.15) is 0 Å². The molecule has 3 N–H and O–H groups in total. The molecule has 0 saturated heterocycles. The second kappa shape index (κ2) is 6.81. The number of nitrogens with zero attached hydrogens (tertiary/aromatic N) is 1. The lowest BCUT2D eigenvalue weighted by atomic mass is 10.0. The molecule has 0 aliphatic heterocycles. The van der Waals surface area contributed by atoms with Gasteiger partial charge >= 0.3 is 5.69 Å². The molecule has 0 fully saturated rings. The monoisotopic (exact) mass is 346 g/mol. The topological polar surface area (TPSA) is 89.4 Å². The predicted molar refractivity (Wildman–Crippen MR) is 67.3 cm³/mol. The van der Waals surface area contributed by atoms with Crippen LogP contribution in [0.25, 0.3) is 0 Å². The maximum absolute atomic E-state index is 12.2. The zero-order valence-corrected chi connectivity index (χ0v) is 11.2. The van der Waals surface area contributed by atoms with E-state index in [1.165, 1.54) is 6.07 Å². The number of benzene rings is 1. The molecule has 1 rings (SSSR count). The first-order valence-electron chi connectivity index (χ1n) is 4.53. The van der Waals surface area contributed by atoms with Gasteiger partial charge in [0.1, 0.15) is 0 Å². The van der Waals surface area contributed by atoms with Crippen LogP contribution in [0.3, 0.4) is 0 Å². The van der Waals surface area contributed by atoms with Crippen LogP contribution >= 0.6 is 28.3 Å². The van der Waals surface area contributed by atoms with E-state index in [9.17, 15) is 24.0 Å². The SMILES string of the molecule is Cl.N[C@H](CC(F)F)c1cc(Br)cc([N+](=O)[O-])c1O. The first-order valence-corrected chi connectivity index (χ1v) is 5.32. The molecule has 0 amide bonds. The number of phenolic OH excluding ortho intramolecular Hbond substituents is 1. The van der Waals surface area contributed by atoms with E-state index in [0.717, 1.165) is 6.07 Å². The van der Waals surface area contributed by atoms with Gasteiger partial charge in [0.15, 0.2) is 5.75 Å². The van der Waals surface area contributed by atoms with E-state index in [-0.39, 0.29) is 18.0 Å². The Bertz CT molecular complexity index is 448. The molecule has 0 radical (unpaired) electrons. The number of rotatable bonds is 4. The molecule has 0 bridgehead atoms. The maximum Gasteiger partial charge on any atom is 0.312 e. The second-order valence-corrected chi connectivity index (χ2v) is 4.27. The van der Waals surface area contributed by atoms with Crippen LogP contribution in [0.15, 0.2) is 16.6 Å². The first-order chi connectivity index (χ1) is 7.82. The van der Waals surface area contributed by atoms with Gasteiger partial charge in [-0.1, -0.05) is 15.9 Å². The number of aromatic hydroxyl groups is 1. The van der Waals surface area contributed by atoms with Crippen molar-refractivity contribution in [1.29, 1.82) is 0 Å². The van der Waals surface area contributed by atoms with Crippen molar-refractivity contribution in [2.45, 2.75) is 18.9 Å². The Kier molecular flexibility index (Phi) is 6.44. The fourth-order valence-electron chi connectivity index (χ4n) is 1.35. The highest BCUT2D eigenvalue weighted by molar-refractivity contribution is 9.10. The molecule has 9 heteroatoms. The van der Waals surface area contributed by atoms with Gasteiger partial charge in [-0.05, 0) is 6.07 Å². The number of halogens is 4. The zero-order valence-electron chi connectivity index (χ0n) is 8.85. The summed E-state index contributed by atoms with van der Waals surface area (Å²) in [5.74, 6) is -0.675. The summed E-state index contributed by atoms with van der Waals surface area (Å²) in [7, 11) is 0. The number of hydrogen-bond acceptors (Lipinski definition) is 4. The predicted octanol–water partition coefficient (Wildman–Crippen LogP) is 3.14. The second-order valence-electron chi connectivity index (χ2n) is 3.35. The van der Waals surface area contributed by atoms with Crippen molar-refractivity contribution in [3.63, 3.8) is 0 Å². The van der Waals surface area contributed by atoms with Gasteiger partial charge in [0.05, 0.1) is 4.92 Å². The molecule has 0 saturated carbocycles. The van der Waals surface area contributed by atoms with Gasteiger partial charge in [-0.3, -0.25) is 10.1 Å². The Labute approximate surface area is 116 Å². The van der Waals surface area contributed by atoms with E-state index in [0.29, 0.717) is 4.47 Å². The summed E-state index contributed by atoms with van der Waals surface area (Å²) < 4.78 is 24.6. The van der Waals surface area contributed by atoms with Gasteiger partial charge in [0.25, 0.3) is 0 Å². The molecule has 0 heterocycles. The quantitative estimate of drug-likeness (QED) is 0.647. The third-order valence-corrected chi connectivity index (χ3v) is 2.57. The molecule has 0 spiro atoms. The summed E-state index contributed by atoms with van der Waals surface area (Å²) in [6, 6.07) is 1.20. The molecule has 5 nitrogen and oxygen atoms in total. The van der Waals surface area contributed by atoms with Crippen LogP contribution in [0.5, 0.6) is 5.75 Å². The van der Waals surface area contributed by atoms with Gasteiger partial charge in [0.2, 0.25) is 6.43 Å². The number of hydrogen-bond donors (Lipinski definition) is 2. The third kappa shape index (κ3) is 4.04. The number of nitrogens with two attached hydrogens (primary N) is 1. The number of nitro benzene ring substituents is 1. The molecule has 0 aliphatic rings. The third-order valence-electron chi connectivity index (χ3n) is 2.11. The van der Waals surface area contributed by atoms with Crippen molar-refractivity contribution >= 4 is 34.0 Å². The minimum Gasteiger partial charge on any atom is -0.502 e. The summed E-state index contributed by atoms with van der Waals surface area (Å²) in [4.78, 5) is 9.80. The van der Waals surface area contributed by atoms with Crippen molar-refractivity contribution in [2.24, 2.45) is 5.73 Å². The maximum atomic E-state index is 12.2.